The van der Waals surface area contributed by atoms with Gasteiger partial charge in [0.25, 0.3) is 0 Å². The maximum Gasteiger partial charge on any atom is 0.196 e. The van der Waals surface area contributed by atoms with Gasteiger partial charge in [-0.3, -0.25) is 4.79 Å². The molecule has 0 fully saturated rings. The number of aromatic nitrogens is 3. The molecule has 0 aliphatic heterocycles. The SMILES string of the molecule is Cn1c(C=O)nnc1-c1ccc(Cl)cc1Cl. The van der Waals surface area contributed by atoms with Crippen LogP contribution in [0.3, 0.4) is 0 Å². The van der Waals surface area contributed by atoms with Crippen molar-refractivity contribution in [2.45, 2.75) is 0 Å². The zero-order valence-electron chi connectivity index (χ0n) is 8.32. The number of hydrogen-bond donors (Lipinski definition) is 0. The summed E-state index contributed by atoms with van der Waals surface area (Å²) in [5.74, 6) is 0.782. The molecule has 0 aliphatic carbocycles. The van der Waals surface area contributed by atoms with Gasteiger partial charge in [0, 0.05) is 17.6 Å². The maximum absolute atomic E-state index is 10.6. The first-order valence-corrected chi connectivity index (χ1v) is 5.19. The van der Waals surface area contributed by atoms with Gasteiger partial charge < -0.3 is 4.57 Å². The lowest BCUT2D eigenvalue weighted by Crippen LogP contribution is -1.98. The van der Waals surface area contributed by atoms with Gasteiger partial charge in [0.15, 0.2) is 17.9 Å². The van der Waals surface area contributed by atoms with Crippen molar-refractivity contribution < 1.29 is 4.79 Å². The Morgan fingerprint density at radius 1 is 1.31 bits per heavy atom. The molecule has 2 rings (SSSR count). The van der Waals surface area contributed by atoms with E-state index in [-0.39, 0.29) is 5.82 Å². The van der Waals surface area contributed by atoms with Crippen LogP contribution in [0.5, 0.6) is 0 Å². The summed E-state index contributed by atoms with van der Waals surface area (Å²) >= 11 is 11.8. The Labute approximate surface area is 102 Å². The van der Waals surface area contributed by atoms with Crippen LogP contribution in [-0.4, -0.2) is 21.1 Å². The summed E-state index contributed by atoms with van der Waals surface area (Å²) in [6.07, 6.45) is 0.639. The number of aldehydes is 1. The minimum atomic E-state index is 0.251. The van der Waals surface area contributed by atoms with E-state index in [2.05, 4.69) is 10.2 Å². The molecule has 0 bridgehead atoms. The Balaban J connectivity index is 2.58. The van der Waals surface area contributed by atoms with Crippen LogP contribution in [-0.2, 0) is 7.05 Å². The van der Waals surface area contributed by atoms with Crippen LogP contribution < -0.4 is 0 Å². The molecular weight excluding hydrogens is 249 g/mol. The van der Waals surface area contributed by atoms with E-state index in [4.69, 9.17) is 23.2 Å². The van der Waals surface area contributed by atoms with E-state index in [9.17, 15) is 4.79 Å². The molecule has 0 radical (unpaired) electrons. The molecule has 1 heterocycles. The quantitative estimate of drug-likeness (QED) is 0.776. The second-order valence-electron chi connectivity index (χ2n) is 3.18. The highest BCUT2D eigenvalue weighted by Crippen LogP contribution is 2.28. The summed E-state index contributed by atoms with van der Waals surface area (Å²) in [7, 11) is 1.70. The second-order valence-corrected chi connectivity index (χ2v) is 4.03. The van der Waals surface area contributed by atoms with Crippen molar-refractivity contribution in [2.24, 2.45) is 7.05 Å². The molecule has 82 valence electrons. The molecule has 0 aliphatic rings. The normalized spacial score (nSPS) is 10.4. The fraction of sp³-hybridized carbons (Fsp3) is 0.100. The Bertz CT molecular complexity index is 551. The molecule has 2 aromatic rings. The molecule has 16 heavy (non-hydrogen) atoms. The van der Waals surface area contributed by atoms with Gasteiger partial charge in [-0.25, -0.2) is 0 Å². The fourth-order valence-corrected chi connectivity index (χ4v) is 1.84. The number of carbonyl (C=O) groups is 1. The van der Waals surface area contributed by atoms with Crippen molar-refractivity contribution in [1.29, 1.82) is 0 Å². The fourth-order valence-electron chi connectivity index (χ4n) is 1.35. The topological polar surface area (TPSA) is 47.8 Å². The van der Waals surface area contributed by atoms with E-state index in [0.29, 0.717) is 27.7 Å². The average molecular weight is 256 g/mol. The third-order valence-corrected chi connectivity index (χ3v) is 2.73. The first kappa shape index (κ1) is 11.1. The Kier molecular flexibility index (Phi) is 2.94. The highest BCUT2D eigenvalue weighted by Gasteiger charge is 2.12. The Hall–Kier alpha value is -1.39. The van der Waals surface area contributed by atoms with Crippen LogP contribution in [0, 0.1) is 0 Å². The van der Waals surface area contributed by atoms with Crippen molar-refractivity contribution in [2.75, 3.05) is 0 Å². The Morgan fingerprint density at radius 2 is 2.06 bits per heavy atom. The first-order chi connectivity index (χ1) is 7.63. The molecule has 1 aromatic carbocycles. The number of carbonyl (C=O) groups excluding carboxylic acids is 1. The number of rotatable bonds is 2. The van der Waals surface area contributed by atoms with Gasteiger partial charge in [-0.2, -0.15) is 0 Å². The monoisotopic (exact) mass is 255 g/mol. The van der Waals surface area contributed by atoms with E-state index in [1.54, 1.807) is 29.8 Å². The molecule has 0 N–H and O–H groups in total. The van der Waals surface area contributed by atoms with E-state index in [1.165, 1.54) is 0 Å². The van der Waals surface area contributed by atoms with Gasteiger partial charge >= 0.3 is 0 Å². The van der Waals surface area contributed by atoms with E-state index < -0.39 is 0 Å². The van der Waals surface area contributed by atoms with Crippen LogP contribution in [0.1, 0.15) is 10.6 Å². The third kappa shape index (κ3) is 1.81. The van der Waals surface area contributed by atoms with Crippen molar-refractivity contribution in [3.8, 4) is 11.4 Å². The highest BCUT2D eigenvalue weighted by atomic mass is 35.5. The smallest absolute Gasteiger partial charge is 0.196 e. The van der Waals surface area contributed by atoms with Crippen LogP contribution in [0.25, 0.3) is 11.4 Å². The van der Waals surface area contributed by atoms with Crippen LogP contribution in [0.4, 0.5) is 0 Å². The average Bonchev–Trinajstić information content (AvgIpc) is 2.60. The van der Waals surface area contributed by atoms with Gasteiger partial charge in [0.2, 0.25) is 0 Å². The first-order valence-electron chi connectivity index (χ1n) is 4.43. The van der Waals surface area contributed by atoms with Gasteiger partial charge in [0.1, 0.15) is 0 Å². The molecule has 0 spiro atoms. The van der Waals surface area contributed by atoms with Gasteiger partial charge in [-0.15, -0.1) is 10.2 Å². The predicted octanol–water partition coefficient (Wildman–Crippen LogP) is 2.60. The van der Waals surface area contributed by atoms with Crippen molar-refractivity contribution in [1.82, 2.24) is 14.8 Å². The largest absolute Gasteiger partial charge is 0.308 e. The maximum atomic E-state index is 10.6. The summed E-state index contributed by atoms with van der Waals surface area (Å²) in [5, 5.41) is 8.65. The van der Waals surface area contributed by atoms with Crippen molar-refractivity contribution in [3.05, 3.63) is 34.1 Å². The van der Waals surface area contributed by atoms with E-state index in [1.807, 2.05) is 0 Å². The molecule has 0 saturated heterocycles. The second kappa shape index (κ2) is 4.23. The molecule has 4 nitrogen and oxygen atoms in total. The Morgan fingerprint density at radius 3 is 2.62 bits per heavy atom. The zero-order valence-corrected chi connectivity index (χ0v) is 9.83. The lowest BCUT2D eigenvalue weighted by Gasteiger charge is -2.03. The third-order valence-electron chi connectivity index (χ3n) is 2.19. The van der Waals surface area contributed by atoms with Gasteiger partial charge in [0.05, 0.1) is 5.02 Å². The molecule has 0 amide bonds. The summed E-state index contributed by atoms with van der Waals surface area (Å²) < 4.78 is 1.57. The minimum Gasteiger partial charge on any atom is -0.308 e. The summed E-state index contributed by atoms with van der Waals surface area (Å²) in [6, 6.07) is 5.06. The number of nitrogens with zero attached hydrogens (tertiary/aromatic N) is 3. The van der Waals surface area contributed by atoms with Gasteiger partial charge in [-0.1, -0.05) is 23.2 Å². The summed E-state index contributed by atoms with van der Waals surface area (Å²) in [6.45, 7) is 0. The molecule has 0 atom stereocenters. The molecule has 6 heteroatoms. The van der Waals surface area contributed by atoms with Crippen molar-refractivity contribution in [3.63, 3.8) is 0 Å². The lowest BCUT2D eigenvalue weighted by atomic mass is 10.2. The molecule has 1 aromatic heterocycles. The predicted molar refractivity (Wildman–Crippen MR) is 61.8 cm³/mol. The van der Waals surface area contributed by atoms with E-state index in [0.717, 1.165) is 0 Å². The zero-order chi connectivity index (χ0) is 11.7. The number of halogens is 2. The number of hydrogen-bond acceptors (Lipinski definition) is 3. The lowest BCUT2D eigenvalue weighted by molar-refractivity contribution is 0.111. The molecular formula is C10H7Cl2N3O. The standard InChI is InChI=1S/C10H7Cl2N3O/c1-15-9(5-16)13-14-10(15)7-3-2-6(11)4-8(7)12/h2-5H,1H3. The van der Waals surface area contributed by atoms with Crippen LogP contribution in [0.2, 0.25) is 10.0 Å². The minimum absolute atomic E-state index is 0.251. The summed E-state index contributed by atoms with van der Waals surface area (Å²) in [5.41, 5.74) is 0.689. The van der Waals surface area contributed by atoms with Crippen LogP contribution >= 0.6 is 23.2 Å². The van der Waals surface area contributed by atoms with Gasteiger partial charge in [-0.05, 0) is 18.2 Å². The molecule has 0 saturated carbocycles. The highest BCUT2D eigenvalue weighted by molar-refractivity contribution is 6.36. The number of benzene rings is 1. The molecule has 0 unspecified atom stereocenters. The van der Waals surface area contributed by atoms with Crippen molar-refractivity contribution >= 4 is 29.5 Å². The van der Waals surface area contributed by atoms with E-state index >= 15 is 0 Å². The summed E-state index contributed by atoms with van der Waals surface area (Å²) in [4.78, 5) is 10.6. The van der Waals surface area contributed by atoms with Crippen LogP contribution in [0.15, 0.2) is 18.2 Å².